The standard InChI is InChI=1S/C24H26ClN/c1-4-24(2,3)17-10-12-21-19(14-17)23(16-8-6-5-7-9-16)20-15-18(25)11-13-22(20)26-21/h5-9,11,13,15,17H,4,10,12,14H2,1-3H3. The highest BCUT2D eigenvalue weighted by Gasteiger charge is 2.33. The van der Waals surface area contributed by atoms with Crippen molar-refractivity contribution >= 4 is 22.5 Å². The van der Waals surface area contributed by atoms with Gasteiger partial charge in [-0.25, -0.2) is 0 Å². The zero-order valence-electron chi connectivity index (χ0n) is 15.8. The first kappa shape index (κ1) is 17.5. The fourth-order valence-corrected chi connectivity index (χ4v) is 4.47. The first-order chi connectivity index (χ1) is 12.5. The van der Waals surface area contributed by atoms with Crippen molar-refractivity contribution in [3.8, 4) is 11.1 Å². The second kappa shape index (κ2) is 6.70. The molecule has 0 N–H and O–H groups in total. The van der Waals surface area contributed by atoms with Gasteiger partial charge in [0, 0.05) is 16.1 Å². The second-order valence-electron chi connectivity index (χ2n) is 8.22. The Kier molecular flexibility index (Phi) is 4.52. The van der Waals surface area contributed by atoms with Crippen LogP contribution in [0.1, 0.15) is 44.9 Å². The summed E-state index contributed by atoms with van der Waals surface area (Å²) in [6, 6.07) is 16.8. The molecule has 26 heavy (non-hydrogen) atoms. The minimum absolute atomic E-state index is 0.356. The lowest BCUT2D eigenvalue weighted by molar-refractivity contribution is 0.182. The van der Waals surface area contributed by atoms with Crippen LogP contribution in [0.2, 0.25) is 5.02 Å². The molecule has 0 radical (unpaired) electrons. The number of aromatic nitrogens is 1. The zero-order valence-corrected chi connectivity index (χ0v) is 16.6. The molecule has 1 aromatic heterocycles. The van der Waals surface area contributed by atoms with Crippen LogP contribution in [0.25, 0.3) is 22.0 Å². The first-order valence-corrected chi connectivity index (χ1v) is 10.0. The quantitative estimate of drug-likeness (QED) is 0.483. The summed E-state index contributed by atoms with van der Waals surface area (Å²) in [6.45, 7) is 7.14. The molecule has 0 amide bonds. The number of halogens is 1. The van der Waals surface area contributed by atoms with E-state index in [9.17, 15) is 0 Å². The van der Waals surface area contributed by atoms with E-state index < -0.39 is 0 Å². The molecule has 0 aliphatic heterocycles. The molecule has 2 heteroatoms. The molecule has 1 aliphatic carbocycles. The molecular weight excluding hydrogens is 338 g/mol. The lowest BCUT2D eigenvalue weighted by Gasteiger charge is -2.38. The van der Waals surface area contributed by atoms with Crippen LogP contribution in [0.3, 0.4) is 0 Å². The third kappa shape index (κ3) is 3.03. The SMILES string of the molecule is CCC(C)(C)C1CCc2nc3ccc(Cl)cc3c(-c3ccccc3)c2C1. The van der Waals surface area contributed by atoms with Crippen molar-refractivity contribution in [2.75, 3.05) is 0 Å². The Balaban J connectivity index is 1.97. The second-order valence-corrected chi connectivity index (χ2v) is 8.66. The average molecular weight is 364 g/mol. The summed E-state index contributed by atoms with van der Waals surface area (Å²) in [4.78, 5) is 5.03. The largest absolute Gasteiger partial charge is 0.253 e. The van der Waals surface area contributed by atoms with Crippen LogP contribution in [-0.2, 0) is 12.8 Å². The van der Waals surface area contributed by atoms with Crippen LogP contribution in [-0.4, -0.2) is 4.98 Å². The number of hydrogen-bond donors (Lipinski definition) is 0. The molecule has 2 aromatic carbocycles. The zero-order chi connectivity index (χ0) is 18.3. The molecule has 4 rings (SSSR count). The molecule has 0 fully saturated rings. The van der Waals surface area contributed by atoms with E-state index in [2.05, 4.69) is 63.2 Å². The Labute approximate surface area is 161 Å². The van der Waals surface area contributed by atoms with Crippen LogP contribution >= 0.6 is 11.6 Å². The van der Waals surface area contributed by atoms with E-state index in [0.29, 0.717) is 11.3 Å². The summed E-state index contributed by atoms with van der Waals surface area (Å²) in [5.74, 6) is 0.695. The summed E-state index contributed by atoms with van der Waals surface area (Å²) in [5, 5.41) is 1.95. The number of fused-ring (bicyclic) bond motifs is 2. The Hall–Kier alpha value is -1.86. The highest BCUT2D eigenvalue weighted by Crippen LogP contribution is 2.44. The topological polar surface area (TPSA) is 12.9 Å². The summed E-state index contributed by atoms with van der Waals surface area (Å²) in [5.41, 5.74) is 6.73. The molecule has 1 atom stereocenters. The minimum Gasteiger partial charge on any atom is -0.253 e. The van der Waals surface area contributed by atoms with Gasteiger partial charge < -0.3 is 0 Å². The summed E-state index contributed by atoms with van der Waals surface area (Å²) < 4.78 is 0. The van der Waals surface area contributed by atoms with Gasteiger partial charge in [-0.2, -0.15) is 0 Å². The Morgan fingerprint density at radius 1 is 1.12 bits per heavy atom. The summed E-state index contributed by atoms with van der Waals surface area (Å²) in [6.07, 6.45) is 4.62. The number of hydrogen-bond acceptors (Lipinski definition) is 1. The molecule has 0 saturated carbocycles. The van der Waals surface area contributed by atoms with E-state index in [1.807, 2.05) is 6.07 Å². The summed E-state index contributed by atoms with van der Waals surface area (Å²) in [7, 11) is 0. The van der Waals surface area contributed by atoms with E-state index in [1.54, 1.807) is 0 Å². The predicted octanol–water partition coefficient (Wildman–Crippen LogP) is 7.10. The highest BCUT2D eigenvalue weighted by molar-refractivity contribution is 6.31. The minimum atomic E-state index is 0.356. The van der Waals surface area contributed by atoms with Gasteiger partial charge in [-0.05, 0) is 65.5 Å². The highest BCUT2D eigenvalue weighted by atomic mass is 35.5. The van der Waals surface area contributed by atoms with Crippen LogP contribution in [0.15, 0.2) is 48.5 Å². The van der Waals surface area contributed by atoms with E-state index in [1.165, 1.54) is 40.6 Å². The van der Waals surface area contributed by atoms with Crippen LogP contribution in [0.4, 0.5) is 0 Å². The van der Waals surface area contributed by atoms with Gasteiger partial charge in [0.25, 0.3) is 0 Å². The van der Waals surface area contributed by atoms with Gasteiger partial charge in [0.1, 0.15) is 0 Å². The molecule has 0 bridgehead atoms. The third-order valence-electron chi connectivity index (χ3n) is 6.39. The van der Waals surface area contributed by atoms with Crippen LogP contribution < -0.4 is 0 Å². The maximum atomic E-state index is 6.36. The molecule has 1 nitrogen and oxygen atoms in total. The van der Waals surface area contributed by atoms with Crippen molar-refractivity contribution in [1.82, 2.24) is 4.98 Å². The number of rotatable bonds is 3. The number of pyridine rings is 1. The number of benzene rings is 2. The van der Waals surface area contributed by atoms with E-state index in [-0.39, 0.29) is 0 Å². The summed E-state index contributed by atoms with van der Waals surface area (Å²) >= 11 is 6.36. The fourth-order valence-electron chi connectivity index (χ4n) is 4.30. The van der Waals surface area contributed by atoms with Gasteiger partial charge in [-0.15, -0.1) is 0 Å². The van der Waals surface area contributed by atoms with Gasteiger partial charge in [0.2, 0.25) is 0 Å². The molecular formula is C24H26ClN. The van der Waals surface area contributed by atoms with Crippen LogP contribution in [0.5, 0.6) is 0 Å². The molecule has 1 unspecified atom stereocenters. The van der Waals surface area contributed by atoms with E-state index in [4.69, 9.17) is 16.6 Å². The molecule has 1 aliphatic rings. The Morgan fingerprint density at radius 3 is 2.62 bits per heavy atom. The average Bonchev–Trinajstić information content (AvgIpc) is 2.66. The number of aryl methyl sites for hydroxylation is 1. The smallest absolute Gasteiger partial charge is 0.0712 e. The van der Waals surface area contributed by atoms with Crippen molar-refractivity contribution in [3.63, 3.8) is 0 Å². The van der Waals surface area contributed by atoms with Gasteiger partial charge in [0.15, 0.2) is 0 Å². The molecule has 0 spiro atoms. The van der Waals surface area contributed by atoms with Gasteiger partial charge >= 0.3 is 0 Å². The van der Waals surface area contributed by atoms with Gasteiger partial charge in [0.05, 0.1) is 5.52 Å². The Morgan fingerprint density at radius 2 is 1.88 bits per heavy atom. The monoisotopic (exact) mass is 363 g/mol. The maximum absolute atomic E-state index is 6.36. The first-order valence-electron chi connectivity index (χ1n) is 9.66. The van der Waals surface area contributed by atoms with Crippen molar-refractivity contribution < 1.29 is 0 Å². The normalized spacial score (nSPS) is 17.3. The van der Waals surface area contributed by atoms with Crippen molar-refractivity contribution in [2.45, 2.75) is 46.5 Å². The van der Waals surface area contributed by atoms with Crippen molar-refractivity contribution in [1.29, 1.82) is 0 Å². The van der Waals surface area contributed by atoms with Crippen molar-refractivity contribution in [2.24, 2.45) is 11.3 Å². The number of nitrogens with zero attached hydrogens (tertiary/aromatic N) is 1. The predicted molar refractivity (Wildman–Crippen MR) is 112 cm³/mol. The Bertz CT molecular complexity index is 943. The molecule has 134 valence electrons. The van der Waals surface area contributed by atoms with Gasteiger partial charge in [-0.3, -0.25) is 4.98 Å². The van der Waals surface area contributed by atoms with Crippen molar-refractivity contribution in [3.05, 3.63) is 64.8 Å². The van der Waals surface area contributed by atoms with Crippen LogP contribution in [0, 0.1) is 11.3 Å². The van der Waals surface area contributed by atoms with E-state index in [0.717, 1.165) is 23.4 Å². The lowest BCUT2D eigenvalue weighted by Crippen LogP contribution is -2.29. The molecule has 1 heterocycles. The molecule has 0 saturated heterocycles. The van der Waals surface area contributed by atoms with E-state index >= 15 is 0 Å². The molecule has 3 aromatic rings. The van der Waals surface area contributed by atoms with Gasteiger partial charge in [-0.1, -0.05) is 69.1 Å². The lowest BCUT2D eigenvalue weighted by atomic mass is 9.68. The fraction of sp³-hybridized carbons (Fsp3) is 0.375. The third-order valence-corrected chi connectivity index (χ3v) is 6.63. The maximum Gasteiger partial charge on any atom is 0.0712 e.